The average Bonchev–Trinajstić information content (AvgIpc) is 3.24. The van der Waals surface area contributed by atoms with E-state index in [1.807, 2.05) is 11.0 Å². The van der Waals surface area contributed by atoms with Gasteiger partial charge in [-0.15, -0.1) is 0 Å². The van der Waals surface area contributed by atoms with Gasteiger partial charge in [0.2, 0.25) is 15.9 Å². The number of sulfonamides is 1. The van der Waals surface area contributed by atoms with Gasteiger partial charge in [0.25, 0.3) is 0 Å². The van der Waals surface area contributed by atoms with Crippen molar-refractivity contribution < 1.29 is 13.2 Å². The zero-order valence-corrected chi connectivity index (χ0v) is 18.4. The highest BCUT2D eigenvalue weighted by Gasteiger charge is 2.29. The van der Waals surface area contributed by atoms with Crippen LogP contribution < -0.4 is 4.72 Å². The molecule has 1 unspecified atom stereocenters. The minimum atomic E-state index is -3.60. The quantitative estimate of drug-likeness (QED) is 0.762. The molecule has 1 saturated heterocycles. The standard InChI is InChI=1S/C24H30N2O3S/c1-18-8-10-20(11-9-18)23-7-4-16-26(23)24(27)14-15-25-30(28,29)22-13-12-19-5-2-3-6-21(19)17-22/h8-13,17,23,25H,2-7,14-16H2,1H3. The maximum Gasteiger partial charge on any atom is 0.240 e. The Morgan fingerprint density at radius 2 is 1.77 bits per heavy atom. The van der Waals surface area contributed by atoms with E-state index in [-0.39, 0.29) is 24.9 Å². The van der Waals surface area contributed by atoms with E-state index < -0.39 is 10.0 Å². The Balaban J connectivity index is 1.36. The molecule has 6 heteroatoms. The highest BCUT2D eigenvalue weighted by atomic mass is 32.2. The number of nitrogens with zero attached hydrogens (tertiary/aromatic N) is 1. The molecule has 0 bridgehead atoms. The van der Waals surface area contributed by atoms with Crippen LogP contribution in [-0.2, 0) is 27.7 Å². The highest BCUT2D eigenvalue weighted by molar-refractivity contribution is 7.89. The summed E-state index contributed by atoms with van der Waals surface area (Å²) in [6.45, 7) is 2.90. The maximum absolute atomic E-state index is 12.8. The van der Waals surface area contributed by atoms with E-state index in [1.54, 1.807) is 12.1 Å². The second kappa shape index (κ2) is 8.90. The lowest BCUT2D eigenvalue weighted by Gasteiger charge is -2.25. The van der Waals surface area contributed by atoms with Gasteiger partial charge in [-0.1, -0.05) is 35.9 Å². The van der Waals surface area contributed by atoms with Gasteiger partial charge >= 0.3 is 0 Å². The molecule has 4 rings (SSSR count). The minimum Gasteiger partial charge on any atom is -0.336 e. The molecule has 2 aromatic rings. The van der Waals surface area contributed by atoms with Crippen molar-refractivity contribution in [3.8, 4) is 0 Å². The summed E-state index contributed by atoms with van der Waals surface area (Å²) < 4.78 is 28.0. The first-order chi connectivity index (χ1) is 14.4. The van der Waals surface area contributed by atoms with Crippen LogP contribution in [0.25, 0.3) is 0 Å². The molecule has 1 atom stereocenters. The molecular formula is C24H30N2O3S. The first kappa shape index (κ1) is 21.1. The first-order valence-electron chi connectivity index (χ1n) is 10.9. The summed E-state index contributed by atoms with van der Waals surface area (Å²) >= 11 is 0. The van der Waals surface area contributed by atoms with Gasteiger partial charge in [0.05, 0.1) is 10.9 Å². The van der Waals surface area contributed by atoms with Crippen LogP contribution >= 0.6 is 0 Å². The lowest BCUT2D eigenvalue weighted by Crippen LogP contribution is -2.34. The summed E-state index contributed by atoms with van der Waals surface area (Å²) in [6.07, 6.45) is 6.34. The molecule has 0 radical (unpaired) electrons. The molecule has 1 aliphatic heterocycles. The number of fused-ring (bicyclic) bond motifs is 1. The van der Waals surface area contributed by atoms with Crippen molar-refractivity contribution in [1.29, 1.82) is 0 Å². The van der Waals surface area contributed by atoms with E-state index in [1.165, 1.54) is 17.5 Å². The van der Waals surface area contributed by atoms with Gasteiger partial charge < -0.3 is 4.90 Å². The van der Waals surface area contributed by atoms with E-state index >= 15 is 0 Å². The molecule has 30 heavy (non-hydrogen) atoms. The van der Waals surface area contributed by atoms with Gasteiger partial charge in [-0.05, 0) is 74.3 Å². The van der Waals surface area contributed by atoms with Gasteiger partial charge in [0, 0.05) is 19.5 Å². The molecule has 1 heterocycles. The Morgan fingerprint density at radius 1 is 1.03 bits per heavy atom. The van der Waals surface area contributed by atoms with Crippen molar-refractivity contribution in [3.63, 3.8) is 0 Å². The average molecular weight is 427 g/mol. The van der Waals surface area contributed by atoms with Crippen LogP contribution in [0.3, 0.4) is 0 Å². The van der Waals surface area contributed by atoms with E-state index in [2.05, 4.69) is 35.9 Å². The van der Waals surface area contributed by atoms with Gasteiger partial charge in [0.15, 0.2) is 0 Å². The number of carbonyl (C=O) groups excluding carboxylic acids is 1. The zero-order chi connectivity index (χ0) is 21.1. The van der Waals surface area contributed by atoms with Crippen LogP contribution in [0, 0.1) is 6.92 Å². The number of aryl methyl sites for hydroxylation is 3. The summed E-state index contributed by atoms with van der Waals surface area (Å²) in [7, 11) is -3.60. The molecule has 0 spiro atoms. The summed E-state index contributed by atoms with van der Waals surface area (Å²) in [5.74, 6) is 0.00576. The molecular weight excluding hydrogens is 396 g/mol. The zero-order valence-electron chi connectivity index (χ0n) is 17.6. The molecule has 160 valence electrons. The van der Waals surface area contributed by atoms with Crippen molar-refractivity contribution in [2.45, 2.75) is 62.8 Å². The van der Waals surface area contributed by atoms with Gasteiger partial charge in [-0.3, -0.25) is 4.79 Å². The molecule has 5 nitrogen and oxygen atoms in total. The third-order valence-electron chi connectivity index (χ3n) is 6.30. The number of rotatable bonds is 6. The Hall–Kier alpha value is -2.18. The van der Waals surface area contributed by atoms with E-state index in [4.69, 9.17) is 0 Å². The third kappa shape index (κ3) is 4.60. The summed E-state index contributed by atoms with van der Waals surface area (Å²) in [4.78, 5) is 15.0. The Bertz CT molecular complexity index is 1020. The van der Waals surface area contributed by atoms with Crippen molar-refractivity contribution in [2.24, 2.45) is 0 Å². The maximum atomic E-state index is 12.8. The molecule has 2 aromatic carbocycles. The molecule has 1 aliphatic carbocycles. The smallest absolute Gasteiger partial charge is 0.240 e. The molecule has 2 aliphatic rings. The number of amides is 1. The van der Waals surface area contributed by atoms with Crippen LogP contribution in [0.15, 0.2) is 47.4 Å². The van der Waals surface area contributed by atoms with E-state index in [9.17, 15) is 13.2 Å². The number of nitrogens with one attached hydrogen (secondary N) is 1. The fourth-order valence-electron chi connectivity index (χ4n) is 4.60. The second-order valence-electron chi connectivity index (χ2n) is 8.44. The topological polar surface area (TPSA) is 66.5 Å². The van der Waals surface area contributed by atoms with Gasteiger partial charge in [0.1, 0.15) is 0 Å². The predicted molar refractivity (Wildman–Crippen MR) is 118 cm³/mol. The molecule has 0 saturated carbocycles. The molecule has 1 fully saturated rings. The van der Waals surface area contributed by atoms with Crippen LogP contribution in [0.4, 0.5) is 0 Å². The van der Waals surface area contributed by atoms with Crippen LogP contribution in [0.2, 0.25) is 0 Å². The predicted octanol–water partition coefficient (Wildman–Crippen LogP) is 3.91. The highest BCUT2D eigenvalue weighted by Crippen LogP contribution is 2.32. The van der Waals surface area contributed by atoms with Crippen molar-refractivity contribution in [3.05, 3.63) is 64.7 Å². The number of benzene rings is 2. The Morgan fingerprint density at radius 3 is 2.53 bits per heavy atom. The minimum absolute atomic E-state index is 0.00576. The number of hydrogen-bond acceptors (Lipinski definition) is 3. The van der Waals surface area contributed by atoms with Crippen LogP contribution in [0.1, 0.15) is 60.4 Å². The monoisotopic (exact) mass is 426 g/mol. The Labute approximate surface area is 179 Å². The molecule has 0 aromatic heterocycles. The van der Waals surface area contributed by atoms with Gasteiger partial charge in [-0.2, -0.15) is 0 Å². The normalized spacial score (nSPS) is 19.0. The van der Waals surface area contributed by atoms with E-state index in [0.29, 0.717) is 4.90 Å². The fourth-order valence-corrected chi connectivity index (χ4v) is 5.68. The second-order valence-corrected chi connectivity index (χ2v) is 10.2. The number of carbonyl (C=O) groups is 1. The van der Waals surface area contributed by atoms with Crippen molar-refractivity contribution in [1.82, 2.24) is 9.62 Å². The fraction of sp³-hybridized carbons (Fsp3) is 0.458. The molecule has 1 amide bonds. The number of hydrogen-bond donors (Lipinski definition) is 1. The van der Waals surface area contributed by atoms with Crippen molar-refractivity contribution in [2.75, 3.05) is 13.1 Å². The van der Waals surface area contributed by atoms with Crippen LogP contribution in [-0.4, -0.2) is 32.3 Å². The SMILES string of the molecule is Cc1ccc(C2CCCN2C(=O)CCNS(=O)(=O)c2ccc3c(c2)CCCC3)cc1. The number of likely N-dealkylation sites (tertiary alicyclic amines) is 1. The first-order valence-corrected chi connectivity index (χ1v) is 12.4. The Kier molecular flexibility index (Phi) is 6.25. The summed E-state index contributed by atoms with van der Waals surface area (Å²) in [5, 5.41) is 0. The molecule has 1 N–H and O–H groups in total. The van der Waals surface area contributed by atoms with Crippen LogP contribution in [0.5, 0.6) is 0 Å². The lowest BCUT2D eigenvalue weighted by molar-refractivity contribution is -0.131. The lowest BCUT2D eigenvalue weighted by atomic mass is 9.92. The van der Waals surface area contributed by atoms with E-state index in [0.717, 1.165) is 49.8 Å². The largest absolute Gasteiger partial charge is 0.336 e. The summed E-state index contributed by atoms with van der Waals surface area (Å²) in [6, 6.07) is 13.8. The van der Waals surface area contributed by atoms with Gasteiger partial charge in [-0.25, -0.2) is 13.1 Å². The van der Waals surface area contributed by atoms with Crippen molar-refractivity contribution >= 4 is 15.9 Å². The summed E-state index contributed by atoms with van der Waals surface area (Å²) in [5.41, 5.74) is 4.75. The third-order valence-corrected chi connectivity index (χ3v) is 7.76.